The van der Waals surface area contributed by atoms with Gasteiger partial charge in [0.2, 0.25) is 0 Å². The third kappa shape index (κ3) is 2.17. The highest BCUT2D eigenvalue weighted by molar-refractivity contribution is 5.46. The van der Waals surface area contributed by atoms with Crippen molar-refractivity contribution in [1.82, 2.24) is 0 Å². The highest BCUT2D eigenvalue weighted by Crippen LogP contribution is 2.56. The molecule has 0 radical (unpaired) electrons. The Labute approximate surface area is 130 Å². The summed E-state index contributed by atoms with van der Waals surface area (Å²) in [7, 11) is 0. The number of allylic oxidation sites excluding steroid dienone is 6. The molecule has 3 saturated carbocycles. The highest BCUT2D eigenvalue weighted by atomic mass is 14.5. The summed E-state index contributed by atoms with van der Waals surface area (Å²) < 4.78 is 0. The lowest BCUT2D eigenvalue weighted by molar-refractivity contribution is 0.264. The van der Waals surface area contributed by atoms with Gasteiger partial charge in [-0.1, -0.05) is 49.0 Å². The molecule has 4 atom stereocenters. The summed E-state index contributed by atoms with van der Waals surface area (Å²) >= 11 is 0. The van der Waals surface area contributed by atoms with Gasteiger partial charge in [-0.3, -0.25) is 0 Å². The van der Waals surface area contributed by atoms with Crippen LogP contribution in [0.25, 0.3) is 0 Å². The highest BCUT2D eigenvalue weighted by Gasteiger charge is 2.44. The van der Waals surface area contributed by atoms with Crippen LogP contribution in [0.1, 0.15) is 71.6 Å². The predicted molar refractivity (Wildman–Crippen MR) is 90.1 cm³/mol. The lowest BCUT2D eigenvalue weighted by atomic mass is 9.67. The van der Waals surface area contributed by atoms with Crippen LogP contribution in [0.4, 0.5) is 0 Å². The first-order valence-corrected chi connectivity index (χ1v) is 9.35. The summed E-state index contributed by atoms with van der Waals surface area (Å²) in [6, 6.07) is 0. The van der Waals surface area contributed by atoms with E-state index in [9.17, 15) is 0 Å². The van der Waals surface area contributed by atoms with Crippen LogP contribution >= 0.6 is 0 Å². The van der Waals surface area contributed by atoms with E-state index in [1.807, 2.05) is 5.57 Å². The van der Waals surface area contributed by atoms with Gasteiger partial charge in [-0.25, -0.2) is 0 Å². The molecule has 0 spiro atoms. The Balaban J connectivity index is 1.85. The standard InChI is InChI=1S/C21H30/c1-14(2)21-19-10-5-3-8-17(19)15-12-7-13-16(15)18-9-4-6-11-20(18)21/h12-13,17-20H,3-11H2,1-2H3. The van der Waals surface area contributed by atoms with E-state index in [4.69, 9.17) is 0 Å². The van der Waals surface area contributed by atoms with Crippen LogP contribution in [-0.4, -0.2) is 0 Å². The molecule has 0 aromatic heterocycles. The topological polar surface area (TPSA) is 0 Å². The van der Waals surface area contributed by atoms with Crippen LogP contribution in [0.3, 0.4) is 0 Å². The van der Waals surface area contributed by atoms with Gasteiger partial charge in [-0.2, -0.15) is 0 Å². The molecule has 0 aromatic rings. The van der Waals surface area contributed by atoms with Crippen molar-refractivity contribution in [3.8, 4) is 0 Å². The van der Waals surface area contributed by atoms with E-state index in [0.717, 1.165) is 23.7 Å². The second-order valence-electron chi connectivity index (χ2n) is 8.00. The lowest BCUT2D eigenvalue weighted by Gasteiger charge is -2.37. The summed E-state index contributed by atoms with van der Waals surface area (Å²) in [6.45, 7) is 4.80. The van der Waals surface area contributed by atoms with Crippen LogP contribution in [0, 0.1) is 23.7 Å². The monoisotopic (exact) mass is 282 g/mol. The van der Waals surface area contributed by atoms with E-state index in [0.29, 0.717) is 0 Å². The first-order valence-electron chi connectivity index (χ1n) is 9.35. The van der Waals surface area contributed by atoms with Gasteiger partial charge < -0.3 is 0 Å². The Hall–Kier alpha value is -0.780. The van der Waals surface area contributed by atoms with Gasteiger partial charge in [-0.15, -0.1) is 0 Å². The molecular weight excluding hydrogens is 252 g/mol. The minimum atomic E-state index is 0.864. The van der Waals surface area contributed by atoms with Crippen LogP contribution in [0.15, 0.2) is 34.4 Å². The van der Waals surface area contributed by atoms with Crippen molar-refractivity contribution in [2.24, 2.45) is 23.7 Å². The van der Waals surface area contributed by atoms with Crippen molar-refractivity contribution in [2.45, 2.75) is 71.6 Å². The molecule has 114 valence electrons. The Bertz CT molecular complexity index is 472. The van der Waals surface area contributed by atoms with Crippen LogP contribution in [-0.2, 0) is 0 Å². The maximum atomic E-state index is 2.60. The zero-order valence-electron chi connectivity index (χ0n) is 13.8. The van der Waals surface area contributed by atoms with Crippen LogP contribution in [0.2, 0.25) is 0 Å². The average molecular weight is 282 g/mol. The Morgan fingerprint density at radius 1 is 0.714 bits per heavy atom. The third-order valence-electron chi connectivity index (χ3n) is 6.72. The largest absolute Gasteiger partial charge is 0.0769 e. The smallest absolute Gasteiger partial charge is 0.00964 e. The average Bonchev–Trinajstić information content (AvgIpc) is 2.93. The van der Waals surface area contributed by atoms with Crippen LogP contribution < -0.4 is 0 Å². The Morgan fingerprint density at radius 3 is 1.57 bits per heavy atom. The van der Waals surface area contributed by atoms with Crippen molar-refractivity contribution < 1.29 is 0 Å². The lowest BCUT2D eigenvalue weighted by Crippen LogP contribution is -2.27. The van der Waals surface area contributed by atoms with E-state index in [-0.39, 0.29) is 0 Å². The van der Waals surface area contributed by atoms with Crippen molar-refractivity contribution in [1.29, 1.82) is 0 Å². The maximum absolute atomic E-state index is 2.60. The fourth-order valence-electron chi connectivity index (χ4n) is 6.05. The van der Waals surface area contributed by atoms with E-state index < -0.39 is 0 Å². The van der Waals surface area contributed by atoms with Gasteiger partial charge in [-0.05, 0) is 80.8 Å². The van der Waals surface area contributed by atoms with Gasteiger partial charge in [0.15, 0.2) is 0 Å². The number of hydrogen-bond donors (Lipinski definition) is 0. The molecule has 0 amide bonds. The Morgan fingerprint density at radius 2 is 1.14 bits per heavy atom. The van der Waals surface area contributed by atoms with Gasteiger partial charge in [0.25, 0.3) is 0 Å². The number of fused-ring (bicyclic) bond motifs is 5. The zero-order valence-corrected chi connectivity index (χ0v) is 13.8. The van der Waals surface area contributed by atoms with E-state index in [2.05, 4.69) is 26.0 Å². The van der Waals surface area contributed by atoms with Crippen LogP contribution in [0.5, 0.6) is 0 Å². The molecule has 0 aromatic carbocycles. The SMILES string of the molecule is CC(C)=C1C2CCCCC2C2=CCC=C2C2CCCCC12. The van der Waals surface area contributed by atoms with Crippen molar-refractivity contribution >= 4 is 0 Å². The molecule has 4 aliphatic carbocycles. The summed E-state index contributed by atoms with van der Waals surface area (Å²) in [4.78, 5) is 0. The quantitative estimate of drug-likeness (QED) is 0.464. The molecule has 4 aliphatic rings. The number of rotatable bonds is 0. The van der Waals surface area contributed by atoms with Crippen molar-refractivity contribution in [2.75, 3.05) is 0 Å². The molecule has 21 heavy (non-hydrogen) atoms. The minimum Gasteiger partial charge on any atom is -0.0769 e. The van der Waals surface area contributed by atoms with Gasteiger partial charge in [0.1, 0.15) is 0 Å². The molecule has 0 nitrogen and oxygen atoms in total. The van der Waals surface area contributed by atoms with Gasteiger partial charge in [0, 0.05) is 0 Å². The van der Waals surface area contributed by atoms with E-state index in [1.165, 1.54) is 57.8 Å². The molecule has 0 aliphatic heterocycles. The van der Waals surface area contributed by atoms with E-state index in [1.54, 1.807) is 16.7 Å². The first-order chi connectivity index (χ1) is 10.3. The zero-order chi connectivity index (χ0) is 14.4. The molecule has 0 heteroatoms. The second kappa shape index (κ2) is 5.45. The summed E-state index contributed by atoms with van der Waals surface area (Å²) in [5, 5.41) is 0. The normalized spacial score (nSPS) is 38.7. The molecule has 0 saturated heterocycles. The van der Waals surface area contributed by atoms with E-state index >= 15 is 0 Å². The fourth-order valence-corrected chi connectivity index (χ4v) is 6.05. The summed E-state index contributed by atoms with van der Waals surface area (Å²) in [6.07, 6.45) is 18.1. The second-order valence-corrected chi connectivity index (χ2v) is 8.00. The third-order valence-corrected chi connectivity index (χ3v) is 6.72. The molecule has 0 N–H and O–H groups in total. The molecule has 4 unspecified atom stereocenters. The molecule has 4 rings (SSSR count). The molecule has 0 heterocycles. The maximum Gasteiger partial charge on any atom is -0.00964 e. The fraction of sp³-hybridized carbons (Fsp3) is 0.714. The van der Waals surface area contributed by atoms with Crippen molar-refractivity contribution in [3.05, 3.63) is 34.4 Å². The summed E-state index contributed by atoms with van der Waals surface area (Å²) in [5.74, 6) is 3.49. The first kappa shape index (κ1) is 13.9. The van der Waals surface area contributed by atoms with Gasteiger partial charge in [0.05, 0.1) is 0 Å². The molecular formula is C21H30. The number of hydrogen-bond acceptors (Lipinski definition) is 0. The Kier molecular flexibility index (Phi) is 3.59. The summed E-state index contributed by atoms with van der Waals surface area (Å²) in [5.41, 5.74) is 7.16. The molecule has 3 fully saturated rings. The van der Waals surface area contributed by atoms with Crippen molar-refractivity contribution in [3.63, 3.8) is 0 Å². The molecule has 0 bridgehead atoms. The van der Waals surface area contributed by atoms with Gasteiger partial charge >= 0.3 is 0 Å². The predicted octanol–water partition coefficient (Wildman–Crippen LogP) is 6.21. The minimum absolute atomic E-state index is 0.864.